The Balaban J connectivity index is 0.00000211. The minimum Gasteiger partial charge on any atom is -0.490 e. The molecule has 1 heterocycles. The van der Waals surface area contributed by atoms with E-state index in [1.54, 1.807) is 13.1 Å². The van der Waals surface area contributed by atoms with Crippen LogP contribution in [0.3, 0.4) is 0 Å². The lowest BCUT2D eigenvalue weighted by Gasteiger charge is -2.24. The predicted molar refractivity (Wildman–Crippen MR) is 90.7 cm³/mol. The Morgan fingerprint density at radius 1 is 1.41 bits per heavy atom. The molecule has 1 amide bonds. The maximum Gasteiger partial charge on any atom is 0.298 e. The van der Waals surface area contributed by atoms with Gasteiger partial charge < -0.3 is 9.84 Å². The fraction of sp³-hybridized carbons (Fsp3) is 0.625. The normalized spacial score (nSPS) is 20.2. The molecule has 1 aliphatic heterocycles. The molecule has 1 atom stereocenters. The third-order valence-corrected chi connectivity index (χ3v) is 3.68. The zero-order valence-electron chi connectivity index (χ0n) is 14.7. The molecule has 126 valence electrons. The minimum atomic E-state index is -1.26. The second-order valence-corrected chi connectivity index (χ2v) is 6.00. The summed E-state index contributed by atoms with van der Waals surface area (Å²) in [6.45, 7) is 12.1. The van der Waals surface area contributed by atoms with Gasteiger partial charge in [0.05, 0.1) is 7.11 Å². The summed E-state index contributed by atoms with van der Waals surface area (Å²) in [5.74, 6) is -0.203. The second kappa shape index (κ2) is 8.34. The number of aliphatic imine (C=N–C) groups is 1. The van der Waals surface area contributed by atoms with Gasteiger partial charge in [-0.2, -0.15) is 0 Å². The summed E-state index contributed by atoms with van der Waals surface area (Å²) in [7, 11) is 2.89. The second-order valence-electron chi connectivity index (χ2n) is 5.59. The largest absolute Gasteiger partial charge is 0.490 e. The zero-order chi connectivity index (χ0) is 17.7. The number of aliphatic hydroxyl groups excluding tert-OH is 1. The number of methoxy groups -OCH3 is 1. The van der Waals surface area contributed by atoms with E-state index in [-0.39, 0.29) is 16.2 Å². The Kier molecular flexibility index (Phi) is 7.84. The van der Waals surface area contributed by atoms with Crippen molar-refractivity contribution in [1.82, 2.24) is 4.90 Å². The molecule has 0 spiro atoms. The van der Waals surface area contributed by atoms with Gasteiger partial charge in [0, 0.05) is 7.05 Å². The van der Waals surface area contributed by atoms with Gasteiger partial charge in [0.15, 0.2) is 6.23 Å². The van der Waals surface area contributed by atoms with Crippen LogP contribution in [-0.4, -0.2) is 42.1 Å². The number of halogens is 1. The molecule has 1 unspecified atom stereocenters. The number of ether oxygens (including phenoxy) is 1. The average Bonchev–Trinajstić information content (AvgIpc) is 2.67. The monoisotopic (exact) mass is 330 g/mol. The first-order valence-electron chi connectivity index (χ1n) is 7.26. The highest BCUT2D eigenvalue weighted by molar-refractivity contribution is 6.34. The molecule has 0 aliphatic carbocycles. The Bertz CT molecular complexity index is 502. The highest BCUT2D eigenvalue weighted by Gasteiger charge is 2.41. The van der Waals surface area contributed by atoms with Crippen molar-refractivity contribution in [2.45, 2.75) is 47.8 Å². The van der Waals surface area contributed by atoms with Gasteiger partial charge >= 0.3 is 0 Å². The number of amidine groups is 1. The van der Waals surface area contributed by atoms with E-state index in [2.05, 4.69) is 25.8 Å². The molecule has 5 nitrogen and oxygen atoms in total. The average molecular weight is 331 g/mol. The van der Waals surface area contributed by atoms with Crippen LogP contribution < -0.4 is 0 Å². The van der Waals surface area contributed by atoms with Gasteiger partial charge in [-0.1, -0.05) is 51.8 Å². The van der Waals surface area contributed by atoms with Crippen molar-refractivity contribution in [2.24, 2.45) is 10.4 Å². The van der Waals surface area contributed by atoms with Crippen molar-refractivity contribution in [2.75, 3.05) is 14.2 Å². The summed E-state index contributed by atoms with van der Waals surface area (Å²) >= 11 is 5.91. The SMILES string of the molecule is CC.CN=C(/C=C(\C)C(C)(C)C)N1C(=O)C(OC)=C(Cl)C1O. The van der Waals surface area contributed by atoms with Crippen LogP contribution in [0, 0.1) is 5.41 Å². The number of nitrogens with zero attached hydrogens (tertiary/aromatic N) is 2. The molecule has 1 aliphatic rings. The van der Waals surface area contributed by atoms with Crippen LogP contribution in [0.2, 0.25) is 0 Å². The van der Waals surface area contributed by atoms with Crippen LogP contribution in [0.5, 0.6) is 0 Å². The van der Waals surface area contributed by atoms with E-state index < -0.39 is 12.1 Å². The fourth-order valence-electron chi connectivity index (χ4n) is 1.62. The molecule has 6 heteroatoms. The van der Waals surface area contributed by atoms with Crippen molar-refractivity contribution in [3.8, 4) is 0 Å². The van der Waals surface area contributed by atoms with E-state index in [1.165, 1.54) is 7.11 Å². The Labute approximate surface area is 138 Å². The van der Waals surface area contributed by atoms with Crippen molar-refractivity contribution >= 4 is 23.3 Å². The lowest BCUT2D eigenvalue weighted by Crippen LogP contribution is -2.40. The number of hydrogen-bond donors (Lipinski definition) is 1. The zero-order valence-corrected chi connectivity index (χ0v) is 15.4. The highest BCUT2D eigenvalue weighted by Crippen LogP contribution is 2.30. The maximum absolute atomic E-state index is 12.2. The topological polar surface area (TPSA) is 62.1 Å². The van der Waals surface area contributed by atoms with Crippen molar-refractivity contribution < 1.29 is 14.6 Å². The lowest BCUT2D eigenvalue weighted by atomic mass is 9.87. The number of amides is 1. The van der Waals surface area contributed by atoms with Crippen LogP contribution in [0.15, 0.2) is 27.4 Å². The predicted octanol–water partition coefficient (Wildman–Crippen LogP) is 3.29. The molecular weight excluding hydrogens is 304 g/mol. The molecule has 1 N–H and O–H groups in total. The van der Waals surface area contributed by atoms with Gasteiger partial charge in [-0.25, -0.2) is 0 Å². The van der Waals surface area contributed by atoms with E-state index in [4.69, 9.17) is 16.3 Å². The first kappa shape index (κ1) is 20.7. The smallest absolute Gasteiger partial charge is 0.298 e. The Hall–Kier alpha value is -1.33. The molecule has 0 aromatic carbocycles. The molecule has 0 radical (unpaired) electrons. The fourth-order valence-corrected chi connectivity index (χ4v) is 1.87. The van der Waals surface area contributed by atoms with E-state index >= 15 is 0 Å². The standard InChI is InChI=1S/C14H21ClN2O3.C2H6/c1-8(14(2,3)4)7-9(16-5)17-12(18)10(15)11(20-6)13(17)19;1-2/h7,12,18H,1-6H3;1-2H3/b8-7+,16-9?;. The number of allylic oxidation sites excluding steroid dienone is 1. The number of carbonyl (C=O) groups excluding carboxylic acids is 1. The summed E-state index contributed by atoms with van der Waals surface area (Å²) in [6, 6.07) is 0. The van der Waals surface area contributed by atoms with Crippen LogP contribution in [0.1, 0.15) is 41.5 Å². The molecule has 0 fully saturated rings. The van der Waals surface area contributed by atoms with Crippen LogP contribution >= 0.6 is 11.6 Å². The highest BCUT2D eigenvalue weighted by atomic mass is 35.5. The molecule has 22 heavy (non-hydrogen) atoms. The number of rotatable bonds is 2. The Morgan fingerprint density at radius 2 is 1.91 bits per heavy atom. The third-order valence-electron chi connectivity index (χ3n) is 3.31. The van der Waals surface area contributed by atoms with Crippen LogP contribution in [0.4, 0.5) is 0 Å². The van der Waals surface area contributed by atoms with E-state index in [0.717, 1.165) is 10.5 Å². The van der Waals surface area contributed by atoms with Gasteiger partial charge in [0.25, 0.3) is 5.91 Å². The van der Waals surface area contributed by atoms with Gasteiger partial charge in [-0.15, -0.1) is 0 Å². The van der Waals surface area contributed by atoms with Crippen LogP contribution in [-0.2, 0) is 9.53 Å². The van der Waals surface area contributed by atoms with Crippen molar-refractivity contribution in [1.29, 1.82) is 0 Å². The van der Waals surface area contributed by atoms with E-state index in [1.807, 2.05) is 20.8 Å². The number of carbonyl (C=O) groups is 1. The molecule has 0 saturated carbocycles. The summed E-state index contributed by atoms with van der Waals surface area (Å²) in [5, 5.41) is 10.0. The third kappa shape index (κ3) is 4.34. The summed E-state index contributed by atoms with van der Waals surface area (Å²) < 4.78 is 4.92. The molecule has 1 rings (SSSR count). The molecule has 0 aromatic rings. The minimum absolute atomic E-state index is 0.0274. The number of aliphatic hydroxyl groups is 1. The number of hydrogen-bond acceptors (Lipinski definition) is 4. The summed E-state index contributed by atoms with van der Waals surface area (Å²) in [5.41, 5.74) is 0.963. The first-order valence-corrected chi connectivity index (χ1v) is 7.63. The summed E-state index contributed by atoms with van der Waals surface area (Å²) in [4.78, 5) is 17.4. The molecule has 0 aromatic heterocycles. The van der Waals surface area contributed by atoms with Gasteiger partial charge in [0.2, 0.25) is 5.76 Å². The lowest BCUT2D eigenvalue weighted by molar-refractivity contribution is -0.128. The summed E-state index contributed by atoms with van der Waals surface area (Å²) in [6.07, 6.45) is 0.506. The molecular formula is C16H27ClN2O3. The quantitative estimate of drug-likeness (QED) is 0.624. The van der Waals surface area contributed by atoms with Crippen molar-refractivity contribution in [3.05, 3.63) is 22.4 Å². The molecule has 0 saturated heterocycles. The maximum atomic E-state index is 12.2. The molecule has 0 bridgehead atoms. The van der Waals surface area contributed by atoms with E-state index in [0.29, 0.717) is 5.84 Å². The first-order chi connectivity index (χ1) is 10.1. The van der Waals surface area contributed by atoms with Gasteiger partial charge in [0.1, 0.15) is 10.9 Å². The Morgan fingerprint density at radius 3 is 2.23 bits per heavy atom. The van der Waals surface area contributed by atoms with Crippen LogP contribution in [0.25, 0.3) is 0 Å². The van der Waals surface area contributed by atoms with Crippen molar-refractivity contribution in [3.63, 3.8) is 0 Å². The van der Waals surface area contributed by atoms with E-state index in [9.17, 15) is 9.90 Å². The van der Waals surface area contributed by atoms with Gasteiger partial charge in [-0.05, 0) is 18.4 Å². The van der Waals surface area contributed by atoms with Gasteiger partial charge in [-0.3, -0.25) is 14.7 Å².